The van der Waals surface area contributed by atoms with Gasteiger partial charge in [0.1, 0.15) is 5.75 Å². The predicted octanol–water partition coefficient (Wildman–Crippen LogP) is 7.35. The van der Waals surface area contributed by atoms with Crippen LogP contribution in [-0.2, 0) is 21.2 Å². The summed E-state index contributed by atoms with van der Waals surface area (Å²) >= 11 is 5.07. The quantitative estimate of drug-likeness (QED) is 0.196. The maximum atomic E-state index is 14.2. The first-order valence-electron chi connectivity index (χ1n) is 12.1. The van der Waals surface area contributed by atoms with E-state index in [2.05, 4.69) is 21.2 Å². The molecule has 1 amide bonds. The molecule has 39 heavy (non-hydrogen) atoms. The van der Waals surface area contributed by atoms with E-state index in [0.29, 0.717) is 27.1 Å². The first kappa shape index (κ1) is 27.1. The molecule has 0 aliphatic rings. The third kappa shape index (κ3) is 5.48. The van der Waals surface area contributed by atoms with Crippen LogP contribution in [0.15, 0.2) is 116 Å². The van der Waals surface area contributed by atoms with Crippen molar-refractivity contribution >= 4 is 60.2 Å². The van der Waals surface area contributed by atoms with Crippen molar-refractivity contribution in [1.29, 1.82) is 0 Å². The Kier molecular flexibility index (Phi) is 7.83. The van der Waals surface area contributed by atoms with Gasteiger partial charge in [-0.05, 0) is 57.9 Å². The van der Waals surface area contributed by atoms with Gasteiger partial charge in [0.25, 0.3) is 10.0 Å². The number of para-hydroxylation sites is 1. The lowest BCUT2D eigenvalue weighted by molar-refractivity contribution is -0.114. The standard InChI is InChI=1S/C30H25BrN2O4S2/c1-20(34)32-26-19-29(37-2)25(31)17-21(26)18-28-30(38-22-11-5-3-6-12-22)24-15-9-10-16-27(24)33(28)39(35,36)23-13-7-4-8-14-23/h3-17,19H,18H2,1-2H3,(H,32,34). The smallest absolute Gasteiger partial charge is 0.268 e. The molecule has 0 unspecified atom stereocenters. The van der Waals surface area contributed by atoms with Crippen molar-refractivity contribution in [2.24, 2.45) is 0 Å². The number of halogens is 1. The minimum Gasteiger partial charge on any atom is -0.495 e. The topological polar surface area (TPSA) is 77.4 Å². The third-order valence-corrected chi connectivity index (χ3v) is 9.72. The van der Waals surface area contributed by atoms with E-state index in [4.69, 9.17) is 4.74 Å². The number of methoxy groups -OCH3 is 1. The molecular formula is C30H25BrN2O4S2. The molecule has 5 aromatic rings. The first-order valence-corrected chi connectivity index (χ1v) is 15.1. The lowest BCUT2D eigenvalue weighted by atomic mass is 10.1. The number of nitrogens with one attached hydrogen (secondary N) is 1. The summed E-state index contributed by atoms with van der Waals surface area (Å²) in [5.74, 6) is 0.316. The van der Waals surface area contributed by atoms with Crippen LogP contribution >= 0.6 is 27.7 Å². The van der Waals surface area contributed by atoms with Gasteiger partial charge >= 0.3 is 0 Å². The van der Waals surface area contributed by atoms with Gasteiger partial charge in [-0.3, -0.25) is 4.79 Å². The average molecular weight is 622 g/mol. The highest BCUT2D eigenvalue weighted by Gasteiger charge is 2.28. The molecule has 0 radical (unpaired) electrons. The Labute approximate surface area is 240 Å². The zero-order valence-corrected chi connectivity index (χ0v) is 24.4. The predicted molar refractivity (Wildman–Crippen MR) is 159 cm³/mol. The summed E-state index contributed by atoms with van der Waals surface area (Å²) in [6, 6.07) is 29.4. The van der Waals surface area contributed by atoms with E-state index in [9.17, 15) is 13.2 Å². The number of nitrogens with zero attached hydrogens (tertiary/aromatic N) is 1. The van der Waals surface area contributed by atoms with Crippen molar-refractivity contribution in [3.8, 4) is 5.75 Å². The van der Waals surface area contributed by atoms with Gasteiger partial charge in [0.15, 0.2) is 0 Å². The molecule has 0 spiro atoms. The molecule has 0 saturated heterocycles. The fraction of sp³-hybridized carbons (Fsp3) is 0.100. The highest BCUT2D eigenvalue weighted by molar-refractivity contribution is 9.10. The number of carbonyl (C=O) groups excluding carboxylic acids is 1. The van der Waals surface area contributed by atoms with Crippen LogP contribution in [0.5, 0.6) is 5.75 Å². The molecule has 6 nitrogen and oxygen atoms in total. The van der Waals surface area contributed by atoms with Crippen molar-refractivity contribution in [3.05, 3.63) is 113 Å². The number of benzene rings is 4. The molecule has 0 bridgehead atoms. The number of hydrogen-bond donors (Lipinski definition) is 1. The number of rotatable bonds is 8. The summed E-state index contributed by atoms with van der Waals surface area (Å²) in [6.45, 7) is 1.44. The molecule has 0 atom stereocenters. The number of ether oxygens (including phenoxy) is 1. The molecule has 4 aromatic carbocycles. The Morgan fingerprint density at radius 1 is 0.949 bits per heavy atom. The molecule has 0 aliphatic carbocycles. The van der Waals surface area contributed by atoms with Crippen LogP contribution in [-0.4, -0.2) is 25.4 Å². The SMILES string of the molecule is COc1cc(NC(C)=O)c(Cc2c(Sc3ccccc3)c3ccccc3n2S(=O)(=O)c2ccccc2)cc1Br. The van der Waals surface area contributed by atoms with E-state index in [-0.39, 0.29) is 17.2 Å². The monoisotopic (exact) mass is 620 g/mol. The molecular weight excluding hydrogens is 596 g/mol. The molecule has 9 heteroatoms. The van der Waals surface area contributed by atoms with Gasteiger partial charge < -0.3 is 10.1 Å². The summed E-state index contributed by atoms with van der Waals surface area (Å²) in [5.41, 5.74) is 2.47. The number of fused-ring (bicyclic) bond motifs is 1. The van der Waals surface area contributed by atoms with Crippen LogP contribution in [0.2, 0.25) is 0 Å². The van der Waals surface area contributed by atoms with Crippen LogP contribution in [0.3, 0.4) is 0 Å². The summed E-state index contributed by atoms with van der Waals surface area (Å²) < 4.78 is 36.0. The Bertz CT molecular complexity index is 1770. The Balaban J connectivity index is 1.80. The zero-order valence-electron chi connectivity index (χ0n) is 21.2. The fourth-order valence-corrected chi connectivity index (χ4v) is 7.74. The van der Waals surface area contributed by atoms with Crippen molar-refractivity contribution in [1.82, 2.24) is 3.97 Å². The van der Waals surface area contributed by atoms with Gasteiger partial charge in [-0.2, -0.15) is 0 Å². The first-order chi connectivity index (χ1) is 18.8. The van der Waals surface area contributed by atoms with Gasteiger partial charge in [0.2, 0.25) is 5.91 Å². The van der Waals surface area contributed by atoms with Gasteiger partial charge in [0.05, 0.1) is 27.7 Å². The maximum absolute atomic E-state index is 14.2. The van der Waals surface area contributed by atoms with Gasteiger partial charge in [-0.15, -0.1) is 0 Å². The van der Waals surface area contributed by atoms with Crippen LogP contribution in [0.25, 0.3) is 10.9 Å². The molecule has 1 heterocycles. The molecule has 0 saturated carbocycles. The minimum atomic E-state index is -3.97. The largest absolute Gasteiger partial charge is 0.495 e. The zero-order chi connectivity index (χ0) is 27.6. The normalized spacial score (nSPS) is 11.5. The lowest BCUT2D eigenvalue weighted by Gasteiger charge is -2.17. The summed E-state index contributed by atoms with van der Waals surface area (Å²) in [5, 5.41) is 3.71. The maximum Gasteiger partial charge on any atom is 0.268 e. The number of hydrogen-bond acceptors (Lipinski definition) is 5. The molecule has 198 valence electrons. The number of amides is 1. The van der Waals surface area contributed by atoms with Gasteiger partial charge in [-0.25, -0.2) is 12.4 Å². The van der Waals surface area contributed by atoms with Crippen LogP contribution in [0.1, 0.15) is 18.2 Å². The third-order valence-electron chi connectivity index (χ3n) is 6.17. The second-order valence-corrected chi connectivity index (χ2v) is 12.5. The second-order valence-electron chi connectivity index (χ2n) is 8.79. The molecule has 0 fully saturated rings. The summed E-state index contributed by atoms with van der Waals surface area (Å²) in [6.07, 6.45) is 0.230. The lowest BCUT2D eigenvalue weighted by Crippen LogP contribution is -2.17. The molecule has 1 aromatic heterocycles. The van der Waals surface area contributed by atoms with Crippen LogP contribution in [0.4, 0.5) is 5.69 Å². The van der Waals surface area contributed by atoms with Gasteiger partial charge in [0, 0.05) is 40.3 Å². The van der Waals surface area contributed by atoms with E-state index in [1.54, 1.807) is 43.5 Å². The molecule has 1 N–H and O–H groups in total. The van der Waals surface area contributed by atoms with E-state index < -0.39 is 10.0 Å². The average Bonchev–Trinajstić information content (AvgIpc) is 3.24. The van der Waals surface area contributed by atoms with Crippen molar-refractivity contribution in [2.45, 2.75) is 28.0 Å². The van der Waals surface area contributed by atoms with Gasteiger partial charge in [-0.1, -0.05) is 66.4 Å². The summed E-state index contributed by atoms with van der Waals surface area (Å²) in [4.78, 5) is 14.1. The second kappa shape index (κ2) is 11.3. The number of aromatic nitrogens is 1. The highest BCUT2D eigenvalue weighted by atomic mass is 79.9. The molecule has 5 rings (SSSR count). The molecule has 0 aliphatic heterocycles. The van der Waals surface area contributed by atoms with Crippen molar-refractivity contribution < 1.29 is 17.9 Å². The Morgan fingerprint density at radius 2 is 1.59 bits per heavy atom. The van der Waals surface area contributed by atoms with E-state index in [0.717, 1.165) is 20.7 Å². The minimum absolute atomic E-state index is 0.196. The number of anilines is 1. The van der Waals surface area contributed by atoms with E-state index in [1.165, 1.54) is 22.7 Å². The van der Waals surface area contributed by atoms with E-state index in [1.807, 2.05) is 60.7 Å². The van der Waals surface area contributed by atoms with Crippen LogP contribution in [0, 0.1) is 0 Å². The number of carbonyl (C=O) groups is 1. The highest BCUT2D eigenvalue weighted by Crippen LogP contribution is 2.42. The fourth-order valence-electron chi connectivity index (χ4n) is 4.46. The Hall–Kier alpha value is -3.53. The van der Waals surface area contributed by atoms with Crippen molar-refractivity contribution in [2.75, 3.05) is 12.4 Å². The summed E-state index contributed by atoms with van der Waals surface area (Å²) in [7, 11) is -2.42. The van der Waals surface area contributed by atoms with E-state index >= 15 is 0 Å². The van der Waals surface area contributed by atoms with Crippen molar-refractivity contribution in [3.63, 3.8) is 0 Å². The van der Waals surface area contributed by atoms with Crippen LogP contribution < -0.4 is 10.1 Å². The Morgan fingerprint density at radius 3 is 2.26 bits per heavy atom.